The summed E-state index contributed by atoms with van der Waals surface area (Å²) in [6, 6.07) is 7.58. The van der Waals surface area contributed by atoms with Crippen LogP contribution in [-0.4, -0.2) is 37.9 Å². The number of rotatable bonds is 7. The Morgan fingerprint density at radius 3 is 2.46 bits per heavy atom. The van der Waals surface area contributed by atoms with Gasteiger partial charge in [-0.05, 0) is 0 Å². The van der Waals surface area contributed by atoms with Crippen LogP contribution in [0.1, 0.15) is 39.2 Å². The second-order valence-electron chi connectivity index (χ2n) is 7.43. The summed E-state index contributed by atoms with van der Waals surface area (Å²) < 4.78 is 24.2. The quantitative estimate of drug-likeness (QED) is 0.338. The molecule has 24 heavy (non-hydrogen) atoms. The number of halogens is 1. The predicted molar refractivity (Wildman–Crippen MR) is 96.4 cm³/mol. The molecule has 0 saturated carbocycles. The molecule has 0 aliphatic carbocycles. The Hall–Kier alpha value is -0.140. The van der Waals surface area contributed by atoms with Crippen LogP contribution in [0.2, 0.25) is 0 Å². The van der Waals surface area contributed by atoms with Gasteiger partial charge in [0.1, 0.15) is 0 Å². The first-order valence-corrected chi connectivity index (χ1v) is 15.1. The van der Waals surface area contributed by atoms with Crippen LogP contribution in [0.25, 0.3) is 0 Å². The maximum absolute atomic E-state index is 12.1. The van der Waals surface area contributed by atoms with Gasteiger partial charge in [0.15, 0.2) is 0 Å². The van der Waals surface area contributed by atoms with Crippen molar-refractivity contribution in [2.75, 3.05) is 24.6 Å². The van der Waals surface area contributed by atoms with Crippen molar-refractivity contribution < 1.29 is 28.2 Å². The van der Waals surface area contributed by atoms with Crippen LogP contribution >= 0.6 is 0 Å². The van der Waals surface area contributed by atoms with E-state index in [9.17, 15) is 8.42 Å². The summed E-state index contributed by atoms with van der Waals surface area (Å²) in [4.78, 5) is 4.91. The summed E-state index contributed by atoms with van der Waals surface area (Å²) in [5, 5.41) is 0. The monoisotopic (exact) mass is 464 g/mol. The van der Waals surface area contributed by atoms with Gasteiger partial charge in [0.2, 0.25) is 0 Å². The van der Waals surface area contributed by atoms with Crippen molar-refractivity contribution >= 4 is 7.01 Å². The molecule has 1 aromatic rings. The van der Waals surface area contributed by atoms with Crippen LogP contribution in [0, 0.1) is 17.8 Å². The second-order valence-corrected chi connectivity index (χ2v) is 15.2. The zero-order chi connectivity index (χ0) is 17.7. The molecule has 1 aliphatic heterocycles. The molecule has 1 fully saturated rings. The summed E-state index contributed by atoms with van der Waals surface area (Å²) in [6.07, 6.45) is 3.59. The van der Waals surface area contributed by atoms with E-state index in [-0.39, 0.29) is 0 Å². The van der Waals surface area contributed by atoms with Crippen LogP contribution in [-0.2, 0) is 13.4 Å². The molecule has 5 heteroatoms. The van der Waals surface area contributed by atoms with Gasteiger partial charge in [-0.2, -0.15) is 0 Å². The fourth-order valence-electron chi connectivity index (χ4n) is 3.62. The van der Waals surface area contributed by atoms with E-state index < -0.39 is 26.8 Å². The molecular formula is C19H31INO2S-. The zero-order valence-electron chi connectivity index (χ0n) is 15.3. The number of nitrogens with zero attached hydrogens (tertiary/aromatic N) is 1. The van der Waals surface area contributed by atoms with Crippen molar-refractivity contribution in [1.29, 1.82) is 0 Å². The zero-order valence-corrected chi connectivity index (χ0v) is 18.3. The molecule has 1 atom stereocenters. The van der Waals surface area contributed by atoms with E-state index in [1.165, 1.54) is 25.9 Å². The maximum atomic E-state index is 12.1. The van der Waals surface area contributed by atoms with Crippen LogP contribution in [0.3, 0.4) is 0 Å². The third-order valence-electron chi connectivity index (χ3n) is 5.11. The first-order valence-electron chi connectivity index (χ1n) is 8.89. The molecule has 1 heterocycles. The Labute approximate surface area is 156 Å². The Balaban J connectivity index is 1.89. The van der Waals surface area contributed by atoms with Crippen LogP contribution in [0.5, 0.6) is 0 Å². The normalized spacial score (nSPS) is 19.0. The van der Waals surface area contributed by atoms with E-state index in [2.05, 4.69) is 31.7 Å². The average molecular weight is 464 g/mol. The molecule has 1 unspecified atom stereocenters. The van der Waals surface area contributed by atoms with Gasteiger partial charge in [0, 0.05) is 0 Å². The van der Waals surface area contributed by atoms with Crippen LogP contribution in [0.4, 0.5) is 0 Å². The molecule has 138 valence electrons. The van der Waals surface area contributed by atoms with Crippen LogP contribution < -0.4 is 19.8 Å². The Morgan fingerprint density at radius 2 is 1.88 bits per heavy atom. The molecule has 3 nitrogen and oxygen atoms in total. The third kappa shape index (κ3) is 5.70. The Morgan fingerprint density at radius 1 is 1.21 bits per heavy atom. The summed E-state index contributed by atoms with van der Waals surface area (Å²) in [6.45, 7) is 10.5. The van der Waals surface area contributed by atoms with E-state index >= 15 is 0 Å². The number of likely N-dealkylation sites (tertiary alicyclic amines) is 1. The third-order valence-corrected chi connectivity index (χ3v) is 11.3. The topological polar surface area (TPSA) is 37.4 Å². The minimum absolute atomic E-state index is 0.514. The minimum atomic E-state index is -3.00. The second kappa shape index (κ2) is 8.99. The van der Waals surface area contributed by atoms with Gasteiger partial charge in [-0.1, -0.05) is 13.8 Å². The predicted octanol–water partition coefficient (Wildman–Crippen LogP) is 0.641. The molecule has 0 bridgehead atoms. The molecule has 0 amide bonds. The van der Waals surface area contributed by atoms with Crippen molar-refractivity contribution in [3.8, 4) is 0 Å². The van der Waals surface area contributed by atoms with Crippen molar-refractivity contribution in [1.82, 2.24) is 4.90 Å². The molecule has 0 aromatic heterocycles. The summed E-state index contributed by atoms with van der Waals surface area (Å²) >= 11 is -0.812. The van der Waals surface area contributed by atoms with Gasteiger partial charge in [0.25, 0.3) is 0 Å². The van der Waals surface area contributed by atoms with E-state index in [4.69, 9.17) is 0 Å². The van der Waals surface area contributed by atoms with E-state index in [1.54, 1.807) is 6.07 Å². The first-order chi connectivity index (χ1) is 11.3. The van der Waals surface area contributed by atoms with Crippen molar-refractivity contribution in [2.45, 2.75) is 44.9 Å². The van der Waals surface area contributed by atoms with Crippen molar-refractivity contribution in [3.63, 3.8) is 0 Å². The van der Waals surface area contributed by atoms with Gasteiger partial charge in [-0.25, -0.2) is 0 Å². The van der Waals surface area contributed by atoms with Crippen molar-refractivity contribution in [2.24, 2.45) is 17.8 Å². The average Bonchev–Trinajstić information content (AvgIpc) is 2.55. The number of piperidine rings is 1. The summed E-state index contributed by atoms with van der Waals surface area (Å²) in [5.41, 5.74) is 1.15. The number of benzene rings is 1. The summed E-state index contributed by atoms with van der Waals surface area (Å²) in [5.74, 6) is 2.24. The van der Waals surface area contributed by atoms with Gasteiger partial charge >= 0.3 is 143 Å². The van der Waals surface area contributed by atoms with Gasteiger partial charge in [-0.3, -0.25) is 0 Å². The SMILES string of the molecule is C[I-]S(=O)(=O)c1cccc(CC(C)CN2CCC(C(C)C)CC2)c1. The molecule has 0 N–H and O–H groups in total. The molecule has 1 aromatic carbocycles. The first kappa shape index (κ1) is 20.2. The van der Waals surface area contributed by atoms with E-state index in [0.717, 1.165) is 30.4 Å². The number of alkyl halides is 1. The summed E-state index contributed by atoms with van der Waals surface area (Å²) in [7, 11) is -3.00. The molecule has 1 saturated heterocycles. The van der Waals surface area contributed by atoms with E-state index in [1.807, 2.05) is 17.1 Å². The van der Waals surface area contributed by atoms with E-state index in [0.29, 0.717) is 10.8 Å². The molecule has 0 radical (unpaired) electrons. The molecule has 2 rings (SSSR count). The Kier molecular flexibility index (Phi) is 7.56. The number of hydrogen-bond acceptors (Lipinski definition) is 3. The molecular weight excluding hydrogens is 433 g/mol. The van der Waals surface area contributed by atoms with Gasteiger partial charge in [-0.15, -0.1) is 0 Å². The van der Waals surface area contributed by atoms with Gasteiger partial charge in [0.05, 0.1) is 0 Å². The van der Waals surface area contributed by atoms with Crippen molar-refractivity contribution in [3.05, 3.63) is 29.8 Å². The van der Waals surface area contributed by atoms with Gasteiger partial charge < -0.3 is 0 Å². The molecule has 1 aliphatic rings. The standard InChI is InChI=1S/C19H31INO2S/c1-15(2)18-8-10-21(11-9-18)14-16(3)12-17-6-5-7-19(13-17)24(22,23)20-4/h5-7,13,15-16,18H,8-12,14H2,1-4H3/q-1. The molecule has 0 spiro atoms. The Bertz CT molecular complexity index is 622. The van der Waals surface area contributed by atoms with Crippen LogP contribution in [0.15, 0.2) is 29.2 Å². The fourth-order valence-corrected chi connectivity index (χ4v) is 6.68. The fraction of sp³-hybridized carbons (Fsp3) is 0.684. The number of hydrogen-bond donors (Lipinski definition) is 0.